The van der Waals surface area contributed by atoms with E-state index in [9.17, 15) is 0 Å². The Hall–Kier alpha value is -1.92. The first kappa shape index (κ1) is 11.6. The predicted octanol–water partition coefficient (Wildman–Crippen LogP) is 3.89. The second-order valence-corrected chi connectivity index (χ2v) is 4.42. The van der Waals surface area contributed by atoms with Crippen molar-refractivity contribution in [3.05, 3.63) is 63.9 Å². The number of hydrogen-bond acceptors (Lipinski definition) is 2. The minimum Gasteiger partial charge on any atom is -0.263 e. The summed E-state index contributed by atoms with van der Waals surface area (Å²) in [5, 5.41) is 8.79. The Bertz CT molecular complexity index is 597. The summed E-state index contributed by atoms with van der Waals surface area (Å²) in [6, 6.07) is 11.6. The Morgan fingerprint density at radius 1 is 1.12 bits per heavy atom. The van der Waals surface area contributed by atoms with Crippen LogP contribution in [0.2, 0.25) is 0 Å². The maximum absolute atomic E-state index is 8.79. The smallest absolute Gasteiger partial charge is 0.0991 e. The van der Waals surface area contributed by atoms with E-state index in [-0.39, 0.29) is 0 Å². The maximum Gasteiger partial charge on any atom is 0.0991 e. The zero-order chi connectivity index (χ0) is 12.1. The third-order valence-corrected chi connectivity index (χ3v) is 2.64. The SMILES string of the molecule is N#Cc1cccc(C=Cc2cncc(Br)c2)c1. The topological polar surface area (TPSA) is 36.7 Å². The van der Waals surface area contributed by atoms with Crippen molar-refractivity contribution in [1.82, 2.24) is 4.98 Å². The monoisotopic (exact) mass is 284 g/mol. The number of halogens is 1. The molecule has 0 N–H and O–H groups in total. The lowest BCUT2D eigenvalue weighted by Gasteiger charge is -1.95. The van der Waals surface area contributed by atoms with E-state index in [2.05, 4.69) is 27.0 Å². The molecule has 0 radical (unpaired) electrons. The van der Waals surface area contributed by atoms with Crippen LogP contribution in [0.3, 0.4) is 0 Å². The Balaban J connectivity index is 2.23. The number of nitrogens with zero attached hydrogens (tertiary/aromatic N) is 2. The Morgan fingerprint density at radius 3 is 2.71 bits per heavy atom. The third kappa shape index (κ3) is 3.27. The highest BCUT2D eigenvalue weighted by Gasteiger charge is 1.92. The van der Waals surface area contributed by atoms with Crippen molar-refractivity contribution >= 4 is 28.1 Å². The summed E-state index contributed by atoms with van der Waals surface area (Å²) in [5.74, 6) is 0. The summed E-state index contributed by atoms with van der Waals surface area (Å²) in [6.45, 7) is 0. The Kier molecular flexibility index (Phi) is 3.69. The van der Waals surface area contributed by atoms with E-state index in [1.54, 1.807) is 18.5 Å². The van der Waals surface area contributed by atoms with Crippen LogP contribution >= 0.6 is 15.9 Å². The molecule has 0 saturated carbocycles. The van der Waals surface area contributed by atoms with Gasteiger partial charge in [-0.2, -0.15) is 5.26 Å². The summed E-state index contributed by atoms with van der Waals surface area (Å²) >= 11 is 3.37. The third-order valence-electron chi connectivity index (χ3n) is 2.21. The quantitative estimate of drug-likeness (QED) is 0.839. The molecule has 0 bridgehead atoms. The highest BCUT2D eigenvalue weighted by Crippen LogP contribution is 2.13. The van der Waals surface area contributed by atoms with Crippen LogP contribution < -0.4 is 0 Å². The normalized spacial score (nSPS) is 10.4. The van der Waals surface area contributed by atoms with Gasteiger partial charge in [-0.1, -0.05) is 24.3 Å². The van der Waals surface area contributed by atoms with E-state index in [4.69, 9.17) is 5.26 Å². The second kappa shape index (κ2) is 5.42. The minimum absolute atomic E-state index is 0.666. The molecular formula is C14H9BrN2. The lowest BCUT2D eigenvalue weighted by molar-refractivity contribution is 1.30. The van der Waals surface area contributed by atoms with Crippen molar-refractivity contribution in [2.45, 2.75) is 0 Å². The zero-order valence-corrected chi connectivity index (χ0v) is 10.6. The molecule has 3 heteroatoms. The van der Waals surface area contributed by atoms with Crippen molar-refractivity contribution < 1.29 is 0 Å². The summed E-state index contributed by atoms with van der Waals surface area (Å²) in [4.78, 5) is 4.08. The second-order valence-electron chi connectivity index (χ2n) is 3.51. The number of hydrogen-bond donors (Lipinski definition) is 0. The van der Waals surface area contributed by atoms with Gasteiger partial charge in [0.1, 0.15) is 0 Å². The fourth-order valence-corrected chi connectivity index (χ4v) is 1.81. The van der Waals surface area contributed by atoms with Gasteiger partial charge in [-0.3, -0.25) is 4.98 Å². The summed E-state index contributed by atoms with van der Waals surface area (Å²) in [6.07, 6.45) is 7.46. The van der Waals surface area contributed by atoms with E-state index in [1.807, 2.05) is 36.4 Å². The standard InChI is InChI=1S/C14H9BrN2/c15-14-7-13(9-17-10-14)5-4-11-2-1-3-12(6-11)8-16/h1-7,9-10H. The number of nitriles is 1. The van der Waals surface area contributed by atoms with Crippen molar-refractivity contribution in [1.29, 1.82) is 5.26 Å². The fraction of sp³-hybridized carbons (Fsp3) is 0. The van der Waals surface area contributed by atoms with Crippen LogP contribution in [0, 0.1) is 11.3 Å². The van der Waals surface area contributed by atoms with Crippen LogP contribution in [0.5, 0.6) is 0 Å². The highest BCUT2D eigenvalue weighted by molar-refractivity contribution is 9.10. The van der Waals surface area contributed by atoms with Crippen LogP contribution in [0.15, 0.2) is 47.2 Å². The van der Waals surface area contributed by atoms with Gasteiger partial charge in [-0.05, 0) is 45.3 Å². The largest absolute Gasteiger partial charge is 0.263 e. The summed E-state index contributed by atoms with van der Waals surface area (Å²) in [5.41, 5.74) is 2.69. The molecule has 1 aromatic heterocycles. The van der Waals surface area contributed by atoms with E-state index in [1.165, 1.54) is 0 Å². The van der Waals surface area contributed by atoms with Gasteiger partial charge < -0.3 is 0 Å². The van der Waals surface area contributed by atoms with Gasteiger partial charge in [0, 0.05) is 16.9 Å². The first-order valence-corrected chi connectivity index (χ1v) is 5.86. The van der Waals surface area contributed by atoms with E-state index >= 15 is 0 Å². The van der Waals surface area contributed by atoms with Crippen molar-refractivity contribution in [3.63, 3.8) is 0 Å². The molecule has 82 valence electrons. The molecule has 2 aromatic rings. The van der Waals surface area contributed by atoms with Crippen LogP contribution in [0.1, 0.15) is 16.7 Å². The first-order chi connectivity index (χ1) is 8.28. The molecule has 0 aliphatic carbocycles. The zero-order valence-electron chi connectivity index (χ0n) is 8.97. The molecular weight excluding hydrogens is 276 g/mol. The van der Waals surface area contributed by atoms with E-state index < -0.39 is 0 Å². The lowest BCUT2D eigenvalue weighted by Crippen LogP contribution is -1.78. The summed E-state index contributed by atoms with van der Waals surface area (Å²) < 4.78 is 0.949. The molecule has 17 heavy (non-hydrogen) atoms. The van der Waals surface area contributed by atoms with E-state index in [0.717, 1.165) is 15.6 Å². The van der Waals surface area contributed by atoms with Gasteiger partial charge in [-0.15, -0.1) is 0 Å². The summed E-state index contributed by atoms with van der Waals surface area (Å²) in [7, 11) is 0. The van der Waals surface area contributed by atoms with Gasteiger partial charge in [-0.25, -0.2) is 0 Å². The van der Waals surface area contributed by atoms with Crippen molar-refractivity contribution in [2.75, 3.05) is 0 Å². The molecule has 1 aromatic carbocycles. The van der Waals surface area contributed by atoms with E-state index in [0.29, 0.717) is 5.56 Å². The molecule has 2 rings (SSSR count). The molecule has 0 aliphatic rings. The van der Waals surface area contributed by atoms with Crippen molar-refractivity contribution in [3.8, 4) is 6.07 Å². The first-order valence-electron chi connectivity index (χ1n) is 5.07. The average Bonchev–Trinajstić information content (AvgIpc) is 2.37. The Labute approximate surface area is 108 Å². The van der Waals surface area contributed by atoms with Gasteiger partial charge in [0.15, 0.2) is 0 Å². The fourth-order valence-electron chi connectivity index (χ4n) is 1.42. The minimum atomic E-state index is 0.666. The van der Waals surface area contributed by atoms with Gasteiger partial charge in [0.05, 0.1) is 11.6 Å². The predicted molar refractivity (Wildman–Crippen MR) is 72.0 cm³/mol. The van der Waals surface area contributed by atoms with Crippen LogP contribution in [0.25, 0.3) is 12.2 Å². The number of aromatic nitrogens is 1. The molecule has 0 saturated heterocycles. The molecule has 2 nitrogen and oxygen atoms in total. The Morgan fingerprint density at radius 2 is 1.94 bits per heavy atom. The maximum atomic E-state index is 8.79. The number of rotatable bonds is 2. The highest BCUT2D eigenvalue weighted by atomic mass is 79.9. The van der Waals surface area contributed by atoms with Gasteiger partial charge >= 0.3 is 0 Å². The van der Waals surface area contributed by atoms with Crippen molar-refractivity contribution in [2.24, 2.45) is 0 Å². The molecule has 0 atom stereocenters. The van der Waals surface area contributed by atoms with Crippen LogP contribution in [0.4, 0.5) is 0 Å². The molecule has 0 aliphatic heterocycles. The molecule has 0 fully saturated rings. The molecule has 0 unspecified atom stereocenters. The average molecular weight is 285 g/mol. The van der Waals surface area contributed by atoms with Crippen LogP contribution in [-0.2, 0) is 0 Å². The molecule has 0 spiro atoms. The number of benzene rings is 1. The van der Waals surface area contributed by atoms with Gasteiger partial charge in [0.25, 0.3) is 0 Å². The molecule has 0 amide bonds. The van der Waals surface area contributed by atoms with Crippen LogP contribution in [-0.4, -0.2) is 4.98 Å². The number of pyridine rings is 1. The molecule has 1 heterocycles. The van der Waals surface area contributed by atoms with Gasteiger partial charge in [0.2, 0.25) is 0 Å². The lowest BCUT2D eigenvalue weighted by atomic mass is 10.1.